The normalized spacial score (nSPS) is 10.7. The van der Waals surface area contributed by atoms with Gasteiger partial charge in [0.05, 0.1) is 11.4 Å². The Hall–Kier alpha value is -3.06. The highest BCUT2D eigenvalue weighted by Gasteiger charge is 2.20. The van der Waals surface area contributed by atoms with Gasteiger partial charge in [-0.15, -0.1) is 0 Å². The van der Waals surface area contributed by atoms with Crippen molar-refractivity contribution in [1.29, 1.82) is 0 Å². The summed E-state index contributed by atoms with van der Waals surface area (Å²) in [5, 5.41) is 0. The van der Waals surface area contributed by atoms with E-state index in [0.717, 1.165) is 18.5 Å². The van der Waals surface area contributed by atoms with E-state index in [1.54, 1.807) is 0 Å². The molecule has 3 aromatic carbocycles. The summed E-state index contributed by atoms with van der Waals surface area (Å²) in [6.07, 6.45) is 9.34. The molecule has 0 radical (unpaired) electrons. The molecule has 172 valence electrons. The second kappa shape index (κ2) is 12.8. The SMILES string of the molecule is C=C(CCCCC)c1ccccc1N(c1ccccc1)c1ccccc1C(=C)CCCCC. The lowest BCUT2D eigenvalue weighted by molar-refractivity contribution is 0.735. The van der Waals surface area contributed by atoms with Crippen molar-refractivity contribution in [2.45, 2.75) is 65.2 Å². The van der Waals surface area contributed by atoms with E-state index in [0.29, 0.717) is 0 Å². The molecule has 0 unspecified atom stereocenters. The predicted molar refractivity (Wildman–Crippen MR) is 147 cm³/mol. The van der Waals surface area contributed by atoms with Crippen LogP contribution in [0.15, 0.2) is 92.0 Å². The first kappa shape index (κ1) is 24.6. The summed E-state index contributed by atoms with van der Waals surface area (Å²) in [4.78, 5) is 2.39. The molecule has 0 aromatic heterocycles. The maximum Gasteiger partial charge on any atom is 0.0536 e. The second-order valence-electron chi connectivity index (χ2n) is 8.83. The Morgan fingerprint density at radius 3 is 1.45 bits per heavy atom. The van der Waals surface area contributed by atoms with E-state index in [2.05, 4.69) is 111 Å². The average Bonchev–Trinajstić information content (AvgIpc) is 2.86. The van der Waals surface area contributed by atoms with Gasteiger partial charge in [0.2, 0.25) is 0 Å². The topological polar surface area (TPSA) is 3.24 Å². The van der Waals surface area contributed by atoms with Gasteiger partial charge in [0.1, 0.15) is 0 Å². The fourth-order valence-corrected chi connectivity index (χ4v) is 4.37. The molecule has 0 amide bonds. The average molecular weight is 438 g/mol. The maximum atomic E-state index is 4.49. The summed E-state index contributed by atoms with van der Waals surface area (Å²) in [5.74, 6) is 0. The van der Waals surface area contributed by atoms with Crippen LogP contribution in [0.1, 0.15) is 76.3 Å². The Bertz CT molecular complexity index is 966. The molecule has 0 aliphatic rings. The van der Waals surface area contributed by atoms with Crippen LogP contribution in [0.2, 0.25) is 0 Å². The molecule has 0 heterocycles. The summed E-state index contributed by atoms with van der Waals surface area (Å²) in [6, 6.07) is 28.1. The Morgan fingerprint density at radius 1 is 0.576 bits per heavy atom. The summed E-state index contributed by atoms with van der Waals surface area (Å²) >= 11 is 0. The van der Waals surface area contributed by atoms with Crippen LogP contribution in [-0.4, -0.2) is 0 Å². The van der Waals surface area contributed by atoms with Crippen LogP contribution in [-0.2, 0) is 0 Å². The highest BCUT2D eigenvalue weighted by molar-refractivity contribution is 5.89. The second-order valence-corrected chi connectivity index (χ2v) is 8.83. The van der Waals surface area contributed by atoms with E-state index in [9.17, 15) is 0 Å². The van der Waals surface area contributed by atoms with Crippen LogP contribution in [0.5, 0.6) is 0 Å². The molecule has 3 aromatic rings. The number of hydrogen-bond acceptors (Lipinski definition) is 1. The van der Waals surface area contributed by atoms with Crippen LogP contribution in [0, 0.1) is 0 Å². The van der Waals surface area contributed by atoms with Crippen molar-refractivity contribution in [2.75, 3.05) is 4.90 Å². The molecular formula is C32H39N. The van der Waals surface area contributed by atoms with Gasteiger partial charge in [0, 0.05) is 16.8 Å². The van der Waals surface area contributed by atoms with Crippen LogP contribution in [0.25, 0.3) is 11.1 Å². The van der Waals surface area contributed by atoms with E-state index in [-0.39, 0.29) is 0 Å². The zero-order chi connectivity index (χ0) is 23.5. The van der Waals surface area contributed by atoms with Gasteiger partial charge in [0.25, 0.3) is 0 Å². The van der Waals surface area contributed by atoms with Crippen molar-refractivity contribution in [3.63, 3.8) is 0 Å². The van der Waals surface area contributed by atoms with Crippen LogP contribution >= 0.6 is 0 Å². The first-order valence-corrected chi connectivity index (χ1v) is 12.6. The van der Waals surface area contributed by atoms with Gasteiger partial charge in [0.15, 0.2) is 0 Å². The number of anilines is 3. The molecule has 0 bridgehead atoms. The standard InChI is InChI=1S/C32H39N/c1-5-7-10-18-26(3)29-22-14-16-24-31(29)33(28-20-12-9-13-21-28)32-25-17-15-23-30(32)27(4)19-11-8-6-2/h9,12-17,20-25H,3-8,10-11,18-19H2,1-2H3. The van der Waals surface area contributed by atoms with Crippen molar-refractivity contribution in [3.8, 4) is 0 Å². The van der Waals surface area contributed by atoms with Crippen molar-refractivity contribution >= 4 is 28.2 Å². The summed E-state index contributed by atoms with van der Waals surface area (Å²) < 4.78 is 0. The van der Waals surface area contributed by atoms with Crippen molar-refractivity contribution in [1.82, 2.24) is 0 Å². The first-order valence-electron chi connectivity index (χ1n) is 12.6. The van der Waals surface area contributed by atoms with Crippen LogP contribution in [0.3, 0.4) is 0 Å². The fraction of sp³-hybridized carbons (Fsp3) is 0.312. The number of unbranched alkanes of at least 4 members (excludes halogenated alkanes) is 4. The quantitative estimate of drug-likeness (QED) is 0.240. The van der Waals surface area contributed by atoms with E-state index in [1.807, 2.05) is 0 Å². The molecule has 0 aliphatic heterocycles. The molecular weight excluding hydrogens is 398 g/mol. The number of hydrogen-bond donors (Lipinski definition) is 0. The third kappa shape index (κ3) is 6.48. The monoisotopic (exact) mass is 437 g/mol. The molecule has 3 rings (SSSR count). The molecule has 0 saturated heterocycles. The highest BCUT2D eigenvalue weighted by Crippen LogP contribution is 2.42. The van der Waals surface area contributed by atoms with Gasteiger partial charge in [-0.2, -0.15) is 0 Å². The molecule has 0 spiro atoms. The number of allylic oxidation sites excluding steroid dienone is 2. The number of benzene rings is 3. The van der Waals surface area contributed by atoms with E-state index in [4.69, 9.17) is 0 Å². The third-order valence-electron chi connectivity index (χ3n) is 6.23. The maximum absolute atomic E-state index is 4.49. The third-order valence-corrected chi connectivity index (χ3v) is 6.23. The Balaban J connectivity index is 2.09. The van der Waals surface area contributed by atoms with Crippen molar-refractivity contribution in [2.24, 2.45) is 0 Å². The lowest BCUT2D eigenvalue weighted by Crippen LogP contribution is -2.13. The summed E-state index contributed by atoms with van der Waals surface area (Å²) in [5.41, 5.74) is 8.38. The first-order chi connectivity index (χ1) is 16.2. The molecule has 0 aliphatic carbocycles. The zero-order valence-corrected chi connectivity index (χ0v) is 20.5. The molecule has 0 fully saturated rings. The van der Waals surface area contributed by atoms with E-state index < -0.39 is 0 Å². The van der Waals surface area contributed by atoms with E-state index >= 15 is 0 Å². The largest absolute Gasteiger partial charge is 0.309 e. The molecule has 1 nitrogen and oxygen atoms in total. The summed E-state index contributed by atoms with van der Waals surface area (Å²) in [7, 11) is 0. The lowest BCUT2D eigenvalue weighted by atomic mass is 9.96. The van der Waals surface area contributed by atoms with Crippen molar-refractivity contribution < 1.29 is 0 Å². The molecule has 0 atom stereocenters. The van der Waals surface area contributed by atoms with Crippen molar-refractivity contribution in [3.05, 3.63) is 103 Å². The van der Waals surface area contributed by atoms with Gasteiger partial charge in [-0.05, 0) is 61.1 Å². The lowest BCUT2D eigenvalue weighted by Gasteiger charge is -2.30. The molecule has 0 saturated carbocycles. The minimum absolute atomic E-state index is 1.03. The Labute approximate surface area is 201 Å². The smallest absolute Gasteiger partial charge is 0.0536 e. The molecule has 0 N–H and O–H groups in total. The summed E-state index contributed by atoms with van der Waals surface area (Å²) in [6.45, 7) is 13.5. The number of rotatable bonds is 13. The van der Waals surface area contributed by atoms with E-state index in [1.165, 1.54) is 72.2 Å². The molecule has 33 heavy (non-hydrogen) atoms. The predicted octanol–water partition coefficient (Wildman–Crippen LogP) is 10.3. The Morgan fingerprint density at radius 2 is 1.00 bits per heavy atom. The highest BCUT2D eigenvalue weighted by atomic mass is 15.1. The van der Waals surface area contributed by atoms with Crippen LogP contribution < -0.4 is 4.90 Å². The number of para-hydroxylation sites is 3. The minimum atomic E-state index is 1.03. The Kier molecular flexibility index (Phi) is 9.57. The minimum Gasteiger partial charge on any atom is -0.309 e. The van der Waals surface area contributed by atoms with Gasteiger partial charge in [-0.3, -0.25) is 0 Å². The van der Waals surface area contributed by atoms with Crippen LogP contribution in [0.4, 0.5) is 17.1 Å². The van der Waals surface area contributed by atoms with Gasteiger partial charge in [-0.1, -0.05) is 107 Å². The van der Waals surface area contributed by atoms with Gasteiger partial charge >= 0.3 is 0 Å². The fourth-order valence-electron chi connectivity index (χ4n) is 4.37. The zero-order valence-electron chi connectivity index (χ0n) is 20.5. The van der Waals surface area contributed by atoms with Gasteiger partial charge < -0.3 is 4.90 Å². The number of nitrogens with zero attached hydrogens (tertiary/aromatic N) is 1. The van der Waals surface area contributed by atoms with Gasteiger partial charge in [-0.25, -0.2) is 0 Å². The molecule has 1 heteroatoms.